The number of hydrogen-bond donors (Lipinski definition) is 0. The van der Waals surface area contributed by atoms with Gasteiger partial charge in [-0.15, -0.1) is 0 Å². The van der Waals surface area contributed by atoms with E-state index < -0.39 is 10.0 Å². The maximum Gasteiger partial charge on any atom is 0.268 e. The first kappa shape index (κ1) is 24.3. The zero-order valence-electron chi connectivity index (χ0n) is 21.0. The summed E-state index contributed by atoms with van der Waals surface area (Å²) in [4.78, 5) is 9.41. The summed E-state index contributed by atoms with van der Waals surface area (Å²) in [5.41, 5.74) is 2.74. The summed E-state index contributed by atoms with van der Waals surface area (Å²) in [6, 6.07) is 18.7. The molecule has 0 N–H and O–H groups in total. The highest BCUT2D eigenvalue weighted by Crippen LogP contribution is 2.31. The minimum atomic E-state index is -3.75. The van der Waals surface area contributed by atoms with Gasteiger partial charge < -0.3 is 9.64 Å². The van der Waals surface area contributed by atoms with Crippen LogP contribution in [0.1, 0.15) is 30.9 Å². The molecule has 1 fully saturated rings. The lowest BCUT2D eigenvalue weighted by Crippen LogP contribution is -2.46. The van der Waals surface area contributed by atoms with Crippen molar-refractivity contribution in [3.63, 3.8) is 0 Å². The maximum absolute atomic E-state index is 13.7. The van der Waals surface area contributed by atoms with Crippen molar-refractivity contribution in [2.45, 2.75) is 31.2 Å². The highest BCUT2D eigenvalue weighted by molar-refractivity contribution is 7.90. The molecule has 2 aromatic heterocycles. The van der Waals surface area contributed by atoms with E-state index >= 15 is 0 Å². The number of nitrogens with zero attached hydrogens (tertiary/aromatic N) is 4. The Kier molecular flexibility index (Phi) is 6.73. The van der Waals surface area contributed by atoms with E-state index in [0.717, 1.165) is 48.5 Å². The van der Waals surface area contributed by atoms with Crippen molar-refractivity contribution in [3.05, 3.63) is 84.2 Å². The van der Waals surface area contributed by atoms with Crippen molar-refractivity contribution in [1.29, 1.82) is 0 Å². The van der Waals surface area contributed by atoms with Gasteiger partial charge in [-0.25, -0.2) is 17.4 Å². The van der Waals surface area contributed by atoms with Crippen LogP contribution in [0, 0.1) is 0 Å². The number of methoxy groups -OCH3 is 1. The standard InChI is InChI=1S/C28H32N4O3S/c1-21(2)22-7-10-25(11-8-22)36(33,34)32-20-23(26-18-24(35-3)9-12-27(26)32)19-30-14-16-31(17-15-30)28-6-4-5-13-29-28/h4-13,18,20-21H,14-17,19H2,1-3H3. The number of fused-ring (bicyclic) bond motifs is 1. The molecule has 0 amide bonds. The molecule has 7 nitrogen and oxygen atoms in total. The molecule has 0 saturated carbocycles. The predicted molar refractivity (Wildman–Crippen MR) is 143 cm³/mol. The van der Waals surface area contributed by atoms with E-state index in [2.05, 4.69) is 28.6 Å². The largest absolute Gasteiger partial charge is 0.497 e. The van der Waals surface area contributed by atoms with Crippen molar-refractivity contribution < 1.29 is 13.2 Å². The van der Waals surface area contributed by atoms with Crippen LogP contribution < -0.4 is 9.64 Å². The van der Waals surface area contributed by atoms with E-state index in [4.69, 9.17) is 4.74 Å². The molecule has 36 heavy (non-hydrogen) atoms. The van der Waals surface area contributed by atoms with Gasteiger partial charge in [0.2, 0.25) is 0 Å². The van der Waals surface area contributed by atoms with Gasteiger partial charge in [-0.3, -0.25) is 4.90 Å². The molecule has 1 aliphatic rings. The summed E-state index contributed by atoms with van der Waals surface area (Å²) >= 11 is 0. The Balaban J connectivity index is 1.44. The first-order valence-corrected chi connectivity index (χ1v) is 13.7. The van der Waals surface area contributed by atoms with Crippen molar-refractivity contribution in [1.82, 2.24) is 13.9 Å². The van der Waals surface area contributed by atoms with E-state index in [9.17, 15) is 8.42 Å². The lowest BCUT2D eigenvalue weighted by molar-refractivity contribution is 0.250. The number of piperazine rings is 1. The van der Waals surface area contributed by atoms with Crippen LogP contribution in [0.25, 0.3) is 10.9 Å². The van der Waals surface area contributed by atoms with Gasteiger partial charge in [-0.2, -0.15) is 0 Å². The quantitative estimate of drug-likeness (QED) is 0.363. The van der Waals surface area contributed by atoms with Gasteiger partial charge in [-0.05, 0) is 59.5 Å². The molecule has 0 radical (unpaired) electrons. The third-order valence-corrected chi connectivity index (χ3v) is 8.59. The molecular formula is C28H32N4O3S. The topological polar surface area (TPSA) is 67.7 Å². The van der Waals surface area contributed by atoms with Gasteiger partial charge in [-0.1, -0.05) is 32.0 Å². The number of benzene rings is 2. The molecule has 0 atom stereocenters. The van der Waals surface area contributed by atoms with E-state index in [1.54, 1.807) is 25.4 Å². The third kappa shape index (κ3) is 4.70. The first-order valence-electron chi connectivity index (χ1n) is 12.3. The Morgan fingerprint density at radius 3 is 2.36 bits per heavy atom. The number of anilines is 1. The molecule has 4 aromatic rings. The van der Waals surface area contributed by atoms with Crippen molar-refractivity contribution in [2.75, 3.05) is 38.2 Å². The number of rotatable bonds is 7. The average molecular weight is 505 g/mol. The number of hydrogen-bond acceptors (Lipinski definition) is 6. The van der Waals surface area contributed by atoms with Crippen LogP contribution in [-0.4, -0.2) is 55.6 Å². The normalized spacial score (nSPS) is 15.1. The van der Waals surface area contributed by atoms with Gasteiger partial charge in [0.05, 0.1) is 17.5 Å². The summed E-state index contributed by atoms with van der Waals surface area (Å²) in [6.45, 7) is 8.35. The zero-order chi connectivity index (χ0) is 25.3. The molecule has 8 heteroatoms. The number of aromatic nitrogens is 2. The van der Waals surface area contributed by atoms with Crippen LogP contribution in [0.3, 0.4) is 0 Å². The van der Waals surface area contributed by atoms with Gasteiger partial charge in [0.1, 0.15) is 11.6 Å². The molecule has 1 aliphatic heterocycles. The minimum absolute atomic E-state index is 0.287. The molecule has 0 aliphatic carbocycles. The highest BCUT2D eigenvalue weighted by Gasteiger charge is 2.24. The fourth-order valence-electron chi connectivity index (χ4n) is 4.75. The van der Waals surface area contributed by atoms with Crippen LogP contribution in [0.15, 0.2) is 78.0 Å². The second-order valence-electron chi connectivity index (χ2n) is 9.51. The second-order valence-corrected chi connectivity index (χ2v) is 11.3. The smallest absolute Gasteiger partial charge is 0.268 e. The monoisotopic (exact) mass is 504 g/mol. The zero-order valence-corrected chi connectivity index (χ0v) is 21.8. The Labute approximate surface area is 213 Å². The SMILES string of the molecule is COc1ccc2c(c1)c(CN1CCN(c3ccccn3)CC1)cn2S(=O)(=O)c1ccc(C(C)C)cc1. The summed E-state index contributed by atoms with van der Waals surface area (Å²) in [5, 5.41) is 0.892. The van der Waals surface area contributed by atoms with Crippen molar-refractivity contribution in [3.8, 4) is 5.75 Å². The van der Waals surface area contributed by atoms with Crippen molar-refractivity contribution in [2.24, 2.45) is 0 Å². The summed E-state index contributed by atoms with van der Waals surface area (Å²) in [7, 11) is -2.12. The van der Waals surface area contributed by atoms with Crippen LogP contribution >= 0.6 is 0 Å². The van der Waals surface area contributed by atoms with Gasteiger partial charge in [0, 0.05) is 50.5 Å². The third-order valence-electron chi connectivity index (χ3n) is 6.90. The lowest BCUT2D eigenvalue weighted by Gasteiger charge is -2.35. The van der Waals surface area contributed by atoms with Gasteiger partial charge >= 0.3 is 0 Å². The summed E-state index contributed by atoms with van der Waals surface area (Å²) in [6.07, 6.45) is 3.60. The second kappa shape index (κ2) is 9.95. The Bertz CT molecular complexity index is 1440. The molecule has 2 aromatic carbocycles. The average Bonchev–Trinajstić information content (AvgIpc) is 3.28. The van der Waals surface area contributed by atoms with Crippen LogP contribution in [0.4, 0.5) is 5.82 Å². The fourth-order valence-corrected chi connectivity index (χ4v) is 6.14. The lowest BCUT2D eigenvalue weighted by atomic mass is 10.0. The molecule has 0 unspecified atom stereocenters. The number of ether oxygens (including phenoxy) is 1. The van der Waals surface area contributed by atoms with E-state index in [1.165, 1.54) is 3.97 Å². The van der Waals surface area contributed by atoms with E-state index in [-0.39, 0.29) is 4.90 Å². The summed E-state index contributed by atoms with van der Waals surface area (Å²) in [5.74, 6) is 2.04. The maximum atomic E-state index is 13.7. The molecule has 1 saturated heterocycles. The van der Waals surface area contributed by atoms with Crippen LogP contribution in [-0.2, 0) is 16.6 Å². The van der Waals surface area contributed by atoms with E-state index in [1.807, 2.05) is 54.7 Å². The molecule has 0 spiro atoms. The number of pyridine rings is 1. The predicted octanol–water partition coefficient (Wildman–Crippen LogP) is 4.73. The minimum Gasteiger partial charge on any atom is -0.497 e. The molecular weight excluding hydrogens is 472 g/mol. The Morgan fingerprint density at radius 2 is 1.72 bits per heavy atom. The van der Waals surface area contributed by atoms with Crippen LogP contribution in [0.5, 0.6) is 5.75 Å². The van der Waals surface area contributed by atoms with Crippen LogP contribution in [0.2, 0.25) is 0 Å². The van der Waals surface area contributed by atoms with E-state index in [0.29, 0.717) is 23.7 Å². The Hall–Kier alpha value is -3.36. The fraction of sp³-hybridized carbons (Fsp3) is 0.321. The Morgan fingerprint density at radius 1 is 0.972 bits per heavy atom. The molecule has 5 rings (SSSR count). The first-order chi connectivity index (χ1) is 17.4. The van der Waals surface area contributed by atoms with Gasteiger partial charge in [0.15, 0.2) is 0 Å². The van der Waals surface area contributed by atoms with Crippen molar-refractivity contribution >= 4 is 26.7 Å². The highest BCUT2D eigenvalue weighted by atomic mass is 32.2. The molecule has 3 heterocycles. The van der Waals surface area contributed by atoms with Gasteiger partial charge in [0.25, 0.3) is 10.0 Å². The summed E-state index contributed by atoms with van der Waals surface area (Å²) < 4.78 is 34.3. The molecule has 188 valence electrons. The molecule has 0 bridgehead atoms.